The zero-order chi connectivity index (χ0) is 12.7. The van der Waals surface area contributed by atoms with Crippen molar-refractivity contribution in [3.8, 4) is 0 Å². The first-order valence-corrected chi connectivity index (χ1v) is 4.13. The molecule has 1 heterocycles. The van der Waals surface area contributed by atoms with Gasteiger partial charge >= 0.3 is 24.0 Å². The highest BCUT2D eigenvalue weighted by molar-refractivity contribution is 6.44. The van der Waals surface area contributed by atoms with E-state index < -0.39 is 36.6 Å². The number of nitrogens with zero attached hydrogens (tertiary/aromatic N) is 2. The van der Waals surface area contributed by atoms with Crippen LogP contribution in [0.25, 0.3) is 0 Å². The first kappa shape index (κ1) is 12.4. The number of amides is 4. The molecule has 0 aromatic rings. The second-order valence-electron chi connectivity index (χ2n) is 3.12. The van der Waals surface area contributed by atoms with Gasteiger partial charge in [-0.25, -0.2) is 9.69 Å². The normalized spacial score (nSPS) is 19.7. The maximum Gasteiger partial charge on any atom is 0.410 e. The minimum atomic E-state index is -4.86. The summed E-state index contributed by atoms with van der Waals surface area (Å²) in [5.41, 5.74) is 4.86. The molecule has 1 saturated heterocycles. The molecule has 90 valence electrons. The van der Waals surface area contributed by atoms with Crippen LogP contribution in [0.15, 0.2) is 0 Å². The van der Waals surface area contributed by atoms with Gasteiger partial charge in [-0.05, 0) is 0 Å². The van der Waals surface area contributed by atoms with Gasteiger partial charge < -0.3 is 5.73 Å². The average molecular weight is 239 g/mol. The molecule has 0 aliphatic carbocycles. The Bertz CT molecular complexity index is 355. The van der Waals surface area contributed by atoms with Gasteiger partial charge in [-0.2, -0.15) is 13.2 Å². The van der Waals surface area contributed by atoms with Crippen LogP contribution in [0.1, 0.15) is 0 Å². The molecule has 16 heavy (non-hydrogen) atoms. The highest BCUT2D eigenvalue weighted by Crippen LogP contribution is 2.27. The Morgan fingerprint density at radius 2 is 1.75 bits per heavy atom. The van der Waals surface area contributed by atoms with Gasteiger partial charge in [0.2, 0.25) is 0 Å². The SMILES string of the molecule is CN1C(=O)C(=O)N(C(CN)C(F)(F)F)C1=O. The summed E-state index contributed by atoms with van der Waals surface area (Å²) in [5.74, 6) is -2.81. The lowest BCUT2D eigenvalue weighted by atomic mass is 10.2. The maximum atomic E-state index is 12.4. The van der Waals surface area contributed by atoms with Gasteiger partial charge in [-0.1, -0.05) is 0 Å². The van der Waals surface area contributed by atoms with Crippen LogP contribution in [-0.2, 0) is 9.59 Å². The van der Waals surface area contributed by atoms with Crippen molar-refractivity contribution in [2.45, 2.75) is 12.2 Å². The largest absolute Gasteiger partial charge is 0.410 e. The third kappa shape index (κ3) is 1.73. The second-order valence-corrected chi connectivity index (χ2v) is 3.12. The minimum absolute atomic E-state index is 0.164. The number of carbonyl (C=O) groups excluding carboxylic acids is 3. The lowest BCUT2D eigenvalue weighted by molar-refractivity contribution is -0.178. The van der Waals surface area contributed by atoms with Crippen molar-refractivity contribution in [1.29, 1.82) is 0 Å². The van der Waals surface area contributed by atoms with Gasteiger partial charge in [0.05, 0.1) is 0 Å². The van der Waals surface area contributed by atoms with Crippen molar-refractivity contribution in [3.05, 3.63) is 0 Å². The lowest BCUT2D eigenvalue weighted by Gasteiger charge is -2.25. The fourth-order valence-electron chi connectivity index (χ4n) is 1.24. The number of likely N-dealkylation sites (N-methyl/N-ethyl adjacent to an activating group) is 1. The first-order chi connectivity index (χ1) is 7.21. The summed E-state index contributed by atoms with van der Waals surface area (Å²) >= 11 is 0. The van der Waals surface area contributed by atoms with Crippen molar-refractivity contribution in [3.63, 3.8) is 0 Å². The number of urea groups is 1. The molecular formula is C7H8F3N3O3. The van der Waals surface area contributed by atoms with E-state index in [0.717, 1.165) is 7.05 Å². The van der Waals surface area contributed by atoms with Crippen LogP contribution in [0.2, 0.25) is 0 Å². The summed E-state index contributed by atoms with van der Waals surface area (Å²) in [6.07, 6.45) is -4.86. The highest BCUT2D eigenvalue weighted by Gasteiger charge is 2.54. The summed E-state index contributed by atoms with van der Waals surface area (Å²) < 4.78 is 37.3. The smallest absolute Gasteiger partial charge is 0.328 e. The molecule has 1 fully saturated rings. The van der Waals surface area contributed by atoms with Crippen LogP contribution in [0.3, 0.4) is 0 Å². The highest BCUT2D eigenvalue weighted by atomic mass is 19.4. The van der Waals surface area contributed by atoms with Gasteiger partial charge in [0.25, 0.3) is 0 Å². The molecule has 0 aromatic heterocycles. The fourth-order valence-corrected chi connectivity index (χ4v) is 1.24. The maximum absolute atomic E-state index is 12.4. The summed E-state index contributed by atoms with van der Waals surface area (Å²) in [5, 5.41) is 0. The van der Waals surface area contributed by atoms with E-state index in [2.05, 4.69) is 0 Å². The van der Waals surface area contributed by atoms with Crippen molar-refractivity contribution >= 4 is 17.8 Å². The van der Waals surface area contributed by atoms with E-state index in [4.69, 9.17) is 5.73 Å². The number of halogens is 3. The van der Waals surface area contributed by atoms with Crippen LogP contribution >= 0.6 is 0 Å². The number of nitrogens with two attached hydrogens (primary N) is 1. The van der Waals surface area contributed by atoms with E-state index in [1.807, 2.05) is 0 Å². The number of rotatable bonds is 2. The van der Waals surface area contributed by atoms with E-state index in [9.17, 15) is 27.6 Å². The van der Waals surface area contributed by atoms with Crippen LogP contribution in [-0.4, -0.2) is 53.5 Å². The number of hydrogen-bond acceptors (Lipinski definition) is 4. The van der Waals surface area contributed by atoms with Gasteiger partial charge in [-0.3, -0.25) is 14.5 Å². The molecule has 2 N–H and O–H groups in total. The molecule has 0 bridgehead atoms. The first-order valence-electron chi connectivity index (χ1n) is 4.13. The predicted octanol–water partition coefficient (Wildman–Crippen LogP) is -0.703. The summed E-state index contributed by atoms with van der Waals surface area (Å²) in [6, 6.07) is -3.79. The zero-order valence-electron chi connectivity index (χ0n) is 8.11. The third-order valence-corrected chi connectivity index (χ3v) is 2.11. The molecule has 1 atom stereocenters. The van der Waals surface area contributed by atoms with Crippen molar-refractivity contribution in [2.24, 2.45) is 5.73 Å². The Morgan fingerprint density at radius 3 is 2.00 bits per heavy atom. The van der Waals surface area contributed by atoms with Crippen molar-refractivity contribution in [2.75, 3.05) is 13.6 Å². The van der Waals surface area contributed by atoms with E-state index in [0.29, 0.717) is 4.90 Å². The fraction of sp³-hybridized carbons (Fsp3) is 0.571. The molecule has 1 rings (SSSR count). The molecule has 6 nitrogen and oxygen atoms in total. The molecule has 1 aliphatic rings. The van der Waals surface area contributed by atoms with Crippen LogP contribution in [0, 0.1) is 0 Å². The molecule has 0 radical (unpaired) electrons. The third-order valence-electron chi connectivity index (χ3n) is 2.11. The molecule has 4 amide bonds. The Kier molecular flexibility index (Phi) is 2.91. The monoisotopic (exact) mass is 239 g/mol. The lowest BCUT2D eigenvalue weighted by Crippen LogP contribution is -2.53. The topological polar surface area (TPSA) is 83.7 Å². The molecular weight excluding hydrogens is 231 g/mol. The minimum Gasteiger partial charge on any atom is -0.328 e. The standard InChI is InChI=1S/C7H8F3N3O3/c1-12-4(14)5(15)13(6(12)16)3(2-11)7(8,9)10/h3H,2,11H2,1H3. The van der Waals surface area contributed by atoms with E-state index >= 15 is 0 Å². The molecule has 1 aliphatic heterocycles. The predicted molar refractivity (Wildman–Crippen MR) is 43.9 cm³/mol. The summed E-state index contributed by atoms with van der Waals surface area (Å²) in [7, 11) is 0.923. The second kappa shape index (κ2) is 3.74. The quantitative estimate of drug-likeness (QED) is 0.510. The molecule has 0 spiro atoms. The number of hydrogen-bond donors (Lipinski definition) is 1. The van der Waals surface area contributed by atoms with Gasteiger partial charge in [-0.15, -0.1) is 0 Å². The Morgan fingerprint density at radius 1 is 1.25 bits per heavy atom. The molecule has 0 aromatic carbocycles. The molecule has 1 unspecified atom stereocenters. The van der Waals surface area contributed by atoms with E-state index in [1.54, 1.807) is 0 Å². The van der Waals surface area contributed by atoms with Gasteiger partial charge in [0.1, 0.15) is 6.04 Å². The average Bonchev–Trinajstić information content (AvgIpc) is 2.34. The van der Waals surface area contributed by atoms with Crippen LogP contribution in [0.5, 0.6) is 0 Å². The Labute approximate surface area is 87.8 Å². The number of imide groups is 2. The van der Waals surface area contributed by atoms with Gasteiger partial charge in [0, 0.05) is 13.6 Å². The number of alkyl halides is 3. The van der Waals surface area contributed by atoms with Crippen LogP contribution in [0.4, 0.5) is 18.0 Å². The summed E-state index contributed by atoms with van der Waals surface area (Å²) in [4.78, 5) is 33.5. The Hall–Kier alpha value is -1.64. The summed E-state index contributed by atoms with van der Waals surface area (Å²) in [6.45, 7) is -0.984. The van der Waals surface area contributed by atoms with Crippen molar-refractivity contribution < 1.29 is 27.6 Å². The zero-order valence-corrected chi connectivity index (χ0v) is 8.11. The molecule has 0 saturated carbocycles. The van der Waals surface area contributed by atoms with E-state index in [1.165, 1.54) is 0 Å². The number of carbonyl (C=O) groups is 3. The van der Waals surface area contributed by atoms with Gasteiger partial charge in [0.15, 0.2) is 0 Å². The Balaban J connectivity index is 3.09. The van der Waals surface area contributed by atoms with E-state index in [-0.39, 0.29) is 4.90 Å². The van der Waals surface area contributed by atoms with Crippen LogP contribution < -0.4 is 5.73 Å². The molecule has 9 heteroatoms. The van der Waals surface area contributed by atoms with Crippen molar-refractivity contribution in [1.82, 2.24) is 9.80 Å².